The summed E-state index contributed by atoms with van der Waals surface area (Å²) in [6.07, 6.45) is 0. The molecule has 0 heterocycles. The number of aryl methyl sites for hydroxylation is 1. The number of carboxylic acids is 1. The van der Waals surface area contributed by atoms with Crippen LogP contribution in [0.1, 0.15) is 19.4 Å². The molecule has 0 aliphatic carbocycles. The van der Waals surface area contributed by atoms with Gasteiger partial charge >= 0.3 is 12.0 Å². The third-order valence-corrected chi connectivity index (χ3v) is 2.61. The molecular weight excluding hydrogens is 232 g/mol. The van der Waals surface area contributed by atoms with Crippen LogP contribution in [0.5, 0.6) is 0 Å². The Morgan fingerprint density at radius 2 is 1.83 bits per heavy atom. The highest BCUT2D eigenvalue weighted by molar-refractivity contribution is 5.92. The summed E-state index contributed by atoms with van der Waals surface area (Å²) in [5, 5.41) is 14.0. The van der Waals surface area contributed by atoms with Gasteiger partial charge in [0.15, 0.2) is 0 Å². The average molecular weight is 250 g/mol. The van der Waals surface area contributed by atoms with Crippen molar-refractivity contribution >= 4 is 17.7 Å². The van der Waals surface area contributed by atoms with E-state index in [0.717, 1.165) is 5.56 Å². The average Bonchev–Trinajstić information content (AvgIpc) is 2.28. The minimum atomic E-state index is -1.04. The van der Waals surface area contributed by atoms with E-state index in [4.69, 9.17) is 5.11 Å². The Morgan fingerprint density at radius 3 is 2.33 bits per heavy atom. The van der Waals surface area contributed by atoms with Crippen molar-refractivity contribution in [1.82, 2.24) is 5.32 Å². The largest absolute Gasteiger partial charge is 0.480 e. The first-order chi connectivity index (χ1) is 8.41. The maximum absolute atomic E-state index is 11.7. The Hall–Kier alpha value is -2.04. The van der Waals surface area contributed by atoms with Gasteiger partial charge in [0, 0.05) is 5.69 Å². The number of carbonyl (C=O) groups excluding carboxylic acids is 1. The lowest BCUT2D eigenvalue weighted by Gasteiger charge is -2.18. The molecule has 0 fully saturated rings. The molecule has 98 valence electrons. The molecule has 1 aromatic carbocycles. The van der Waals surface area contributed by atoms with Crippen LogP contribution in [0.25, 0.3) is 0 Å². The van der Waals surface area contributed by atoms with Crippen LogP contribution in [0.2, 0.25) is 0 Å². The standard InChI is InChI=1S/C13H18N2O3/c1-8(2)11(12(16)17)15-13(18)14-10-7-5-4-6-9(10)3/h4-8,11H,1-3H3,(H,16,17)(H2,14,15,18)/t11-/m0/s1. The highest BCUT2D eigenvalue weighted by Crippen LogP contribution is 2.13. The SMILES string of the molecule is Cc1ccccc1NC(=O)N[C@H](C(=O)O)C(C)C. The summed E-state index contributed by atoms with van der Waals surface area (Å²) >= 11 is 0. The van der Waals surface area contributed by atoms with Crippen molar-refractivity contribution in [3.05, 3.63) is 29.8 Å². The van der Waals surface area contributed by atoms with Crippen molar-refractivity contribution in [3.8, 4) is 0 Å². The Morgan fingerprint density at radius 1 is 1.22 bits per heavy atom. The van der Waals surface area contributed by atoms with Gasteiger partial charge in [0.05, 0.1) is 0 Å². The number of rotatable bonds is 4. The van der Waals surface area contributed by atoms with Crippen molar-refractivity contribution in [3.63, 3.8) is 0 Å². The number of hydrogen-bond donors (Lipinski definition) is 3. The van der Waals surface area contributed by atoms with E-state index in [1.54, 1.807) is 26.0 Å². The normalized spacial score (nSPS) is 12.0. The van der Waals surface area contributed by atoms with E-state index in [-0.39, 0.29) is 5.92 Å². The molecule has 0 saturated carbocycles. The summed E-state index contributed by atoms with van der Waals surface area (Å²) < 4.78 is 0. The maximum Gasteiger partial charge on any atom is 0.326 e. The van der Waals surface area contributed by atoms with Gasteiger partial charge in [-0.15, -0.1) is 0 Å². The Kier molecular flexibility index (Phi) is 4.71. The van der Waals surface area contributed by atoms with Gasteiger partial charge in [-0.1, -0.05) is 32.0 Å². The van der Waals surface area contributed by atoms with Crippen LogP contribution in [-0.2, 0) is 4.79 Å². The fraction of sp³-hybridized carbons (Fsp3) is 0.385. The van der Waals surface area contributed by atoms with Crippen LogP contribution in [0, 0.1) is 12.8 Å². The number of para-hydroxylation sites is 1. The molecule has 1 atom stereocenters. The van der Waals surface area contributed by atoms with Crippen molar-refractivity contribution in [2.45, 2.75) is 26.8 Å². The summed E-state index contributed by atoms with van der Waals surface area (Å²) in [6.45, 7) is 5.35. The van der Waals surface area contributed by atoms with E-state index >= 15 is 0 Å². The van der Waals surface area contributed by atoms with E-state index in [1.807, 2.05) is 19.1 Å². The number of carboxylic acid groups (broad SMARTS) is 1. The minimum absolute atomic E-state index is 0.176. The number of amides is 2. The number of aliphatic carboxylic acids is 1. The van der Waals surface area contributed by atoms with E-state index in [9.17, 15) is 9.59 Å². The molecule has 0 unspecified atom stereocenters. The van der Waals surface area contributed by atoms with Gasteiger partial charge in [-0.2, -0.15) is 0 Å². The molecule has 0 saturated heterocycles. The number of carbonyl (C=O) groups is 2. The molecule has 0 radical (unpaired) electrons. The third kappa shape index (κ3) is 3.76. The first-order valence-electron chi connectivity index (χ1n) is 5.77. The molecule has 5 nitrogen and oxygen atoms in total. The molecule has 0 aromatic heterocycles. The second-order valence-electron chi connectivity index (χ2n) is 4.47. The van der Waals surface area contributed by atoms with Gasteiger partial charge in [0.1, 0.15) is 6.04 Å². The molecular formula is C13H18N2O3. The van der Waals surface area contributed by atoms with Crippen molar-refractivity contribution in [1.29, 1.82) is 0 Å². The highest BCUT2D eigenvalue weighted by atomic mass is 16.4. The summed E-state index contributed by atoms with van der Waals surface area (Å²) in [7, 11) is 0. The molecule has 18 heavy (non-hydrogen) atoms. The quantitative estimate of drug-likeness (QED) is 0.766. The Bertz CT molecular complexity index is 444. The van der Waals surface area contributed by atoms with Crippen LogP contribution in [0.3, 0.4) is 0 Å². The van der Waals surface area contributed by atoms with Gasteiger partial charge in [-0.25, -0.2) is 9.59 Å². The predicted molar refractivity (Wildman–Crippen MR) is 69.6 cm³/mol. The topological polar surface area (TPSA) is 78.4 Å². The lowest BCUT2D eigenvalue weighted by atomic mass is 10.1. The summed E-state index contributed by atoms with van der Waals surface area (Å²) in [5.41, 5.74) is 1.59. The predicted octanol–water partition coefficient (Wildman–Crippen LogP) is 2.23. The maximum atomic E-state index is 11.7. The molecule has 0 aliphatic heterocycles. The van der Waals surface area contributed by atoms with E-state index < -0.39 is 18.0 Å². The van der Waals surface area contributed by atoms with Gasteiger partial charge in [-0.3, -0.25) is 0 Å². The number of benzene rings is 1. The minimum Gasteiger partial charge on any atom is -0.480 e. The fourth-order valence-corrected chi connectivity index (χ4v) is 1.53. The number of urea groups is 1. The van der Waals surface area contributed by atoms with Crippen molar-refractivity contribution in [2.24, 2.45) is 5.92 Å². The third-order valence-electron chi connectivity index (χ3n) is 2.61. The lowest BCUT2D eigenvalue weighted by molar-refractivity contribution is -0.140. The lowest BCUT2D eigenvalue weighted by Crippen LogP contribution is -2.46. The summed E-state index contributed by atoms with van der Waals surface area (Å²) in [5.74, 6) is -1.21. The Labute approximate surface area is 106 Å². The first kappa shape index (κ1) is 14.0. The molecule has 0 bridgehead atoms. The van der Waals surface area contributed by atoms with Crippen LogP contribution >= 0.6 is 0 Å². The second kappa shape index (κ2) is 6.05. The second-order valence-corrected chi connectivity index (χ2v) is 4.47. The number of anilines is 1. The van der Waals surface area contributed by atoms with E-state index in [1.165, 1.54) is 0 Å². The van der Waals surface area contributed by atoms with Gasteiger partial charge in [0.2, 0.25) is 0 Å². The monoisotopic (exact) mass is 250 g/mol. The highest BCUT2D eigenvalue weighted by Gasteiger charge is 2.23. The molecule has 2 amide bonds. The van der Waals surface area contributed by atoms with Gasteiger partial charge in [-0.05, 0) is 24.5 Å². The van der Waals surface area contributed by atoms with Crippen LogP contribution < -0.4 is 10.6 Å². The molecule has 1 aromatic rings. The van der Waals surface area contributed by atoms with E-state index in [2.05, 4.69) is 10.6 Å². The zero-order valence-electron chi connectivity index (χ0n) is 10.7. The molecule has 3 N–H and O–H groups in total. The first-order valence-corrected chi connectivity index (χ1v) is 5.77. The molecule has 0 spiro atoms. The van der Waals surface area contributed by atoms with Gasteiger partial charge in [0.25, 0.3) is 0 Å². The zero-order chi connectivity index (χ0) is 13.7. The molecule has 0 aliphatic rings. The molecule has 1 rings (SSSR count). The number of nitrogens with one attached hydrogen (secondary N) is 2. The van der Waals surface area contributed by atoms with Gasteiger partial charge < -0.3 is 15.7 Å². The number of hydrogen-bond acceptors (Lipinski definition) is 2. The fourth-order valence-electron chi connectivity index (χ4n) is 1.53. The molecule has 5 heteroatoms. The van der Waals surface area contributed by atoms with Crippen molar-refractivity contribution in [2.75, 3.05) is 5.32 Å². The smallest absolute Gasteiger partial charge is 0.326 e. The Balaban J connectivity index is 2.67. The van der Waals surface area contributed by atoms with Crippen LogP contribution in [0.4, 0.5) is 10.5 Å². The van der Waals surface area contributed by atoms with Crippen LogP contribution in [-0.4, -0.2) is 23.1 Å². The van der Waals surface area contributed by atoms with Crippen molar-refractivity contribution < 1.29 is 14.7 Å². The van der Waals surface area contributed by atoms with Crippen LogP contribution in [0.15, 0.2) is 24.3 Å². The van der Waals surface area contributed by atoms with E-state index in [0.29, 0.717) is 5.69 Å². The summed E-state index contributed by atoms with van der Waals surface area (Å²) in [4.78, 5) is 22.7. The zero-order valence-corrected chi connectivity index (χ0v) is 10.7. The summed E-state index contributed by atoms with van der Waals surface area (Å²) in [6, 6.07) is 5.90.